The van der Waals surface area contributed by atoms with Crippen molar-refractivity contribution < 1.29 is 4.42 Å². The number of H-pyrrole nitrogens is 2. The minimum atomic E-state index is 0.626. The summed E-state index contributed by atoms with van der Waals surface area (Å²) in [6, 6.07) is 5.82. The van der Waals surface area contributed by atoms with Crippen LogP contribution in [0.3, 0.4) is 0 Å². The molecule has 0 aliphatic heterocycles. The zero-order chi connectivity index (χ0) is 20.2. The smallest absolute Gasteiger partial charge is 0.181 e. The number of pyridine rings is 2. The molecule has 0 unspecified atom stereocenters. The van der Waals surface area contributed by atoms with Gasteiger partial charge >= 0.3 is 0 Å². The third kappa shape index (κ3) is 2.38. The molecule has 6 aromatic heterocycles. The summed E-state index contributed by atoms with van der Waals surface area (Å²) in [5.74, 6) is 1.61. The van der Waals surface area contributed by atoms with Gasteiger partial charge in [0.05, 0.1) is 35.3 Å². The maximum absolute atomic E-state index is 5.21. The molecule has 0 aliphatic rings. The first kappa shape index (κ1) is 16.7. The first-order chi connectivity index (χ1) is 14.7. The van der Waals surface area contributed by atoms with Crippen LogP contribution < -0.4 is 0 Å². The maximum Gasteiger partial charge on any atom is 0.181 e. The van der Waals surface area contributed by atoms with Gasteiger partial charge in [0.1, 0.15) is 22.7 Å². The summed E-state index contributed by atoms with van der Waals surface area (Å²) in [5, 5.41) is 8.30. The van der Waals surface area contributed by atoms with Crippen LogP contribution in [0.25, 0.3) is 56.1 Å². The van der Waals surface area contributed by atoms with Crippen molar-refractivity contribution in [3.63, 3.8) is 0 Å². The minimum Gasteiger partial charge on any atom is -0.472 e. The van der Waals surface area contributed by atoms with Gasteiger partial charge in [0, 0.05) is 30.6 Å². The number of fused-ring (bicyclic) bond motifs is 2. The lowest BCUT2D eigenvalue weighted by molar-refractivity contribution is 0.568. The standard InChI is InChI=1S/C21H16N8O/c1-11-23-9-16(29(11)2)13-7-14-18(27-28-20(14)24-8-13)21-25-15-3-5-22-17(19(15)26-21)12-4-6-30-10-12/h3-10H,1-2H3,(H,25,26)(H,24,27,28). The number of aromatic nitrogens is 8. The van der Waals surface area contributed by atoms with E-state index in [1.165, 1.54) is 0 Å². The molecule has 0 saturated heterocycles. The second-order valence-electron chi connectivity index (χ2n) is 7.10. The summed E-state index contributed by atoms with van der Waals surface area (Å²) >= 11 is 0. The summed E-state index contributed by atoms with van der Waals surface area (Å²) < 4.78 is 7.25. The van der Waals surface area contributed by atoms with E-state index in [2.05, 4.69) is 36.2 Å². The van der Waals surface area contributed by atoms with Gasteiger partial charge < -0.3 is 14.0 Å². The molecule has 0 amide bonds. The van der Waals surface area contributed by atoms with Crippen molar-refractivity contribution in [2.75, 3.05) is 0 Å². The Bertz CT molecular complexity index is 1520. The summed E-state index contributed by atoms with van der Waals surface area (Å²) in [4.78, 5) is 21.6. The van der Waals surface area contributed by atoms with Gasteiger partial charge in [0.15, 0.2) is 11.5 Å². The van der Waals surface area contributed by atoms with Gasteiger partial charge in [-0.05, 0) is 25.1 Å². The van der Waals surface area contributed by atoms with Crippen molar-refractivity contribution >= 4 is 22.1 Å². The second kappa shape index (κ2) is 6.11. The largest absolute Gasteiger partial charge is 0.472 e. The fourth-order valence-corrected chi connectivity index (χ4v) is 3.65. The highest BCUT2D eigenvalue weighted by Crippen LogP contribution is 2.31. The number of rotatable bonds is 3. The summed E-state index contributed by atoms with van der Waals surface area (Å²) in [5.41, 5.74) is 6.64. The van der Waals surface area contributed by atoms with Gasteiger partial charge in [-0.15, -0.1) is 0 Å². The first-order valence-electron chi connectivity index (χ1n) is 9.39. The van der Waals surface area contributed by atoms with E-state index < -0.39 is 0 Å². The number of hydrogen-bond acceptors (Lipinski definition) is 6. The molecule has 0 aliphatic carbocycles. The summed E-state index contributed by atoms with van der Waals surface area (Å²) in [6.07, 6.45) is 8.69. The molecule has 0 fully saturated rings. The molecule has 0 spiro atoms. The molecule has 146 valence electrons. The van der Waals surface area contributed by atoms with Crippen LogP contribution in [0.15, 0.2) is 53.7 Å². The van der Waals surface area contributed by atoms with E-state index in [1.54, 1.807) is 18.7 Å². The zero-order valence-electron chi connectivity index (χ0n) is 16.2. The summed E-state index contributed by atoms with van der Waals surface area (Å²) in [6.45, 7) is 1.97. The van der Waals surface area contributed by atoms with Crippen molar-refractivity contribution in [1.29, 1.82) is 0 Å². The van der Waals surface area contributed by atoms with E-state index in [9.17, 15) is 0 Å². The van der Waals surface area contributed by atoms with Gasteiger partial charge in [0.2, 0.25) is 0 Å². The SMILES string of the molecule is Cc1ncc(-c2cnc3n[nH]c(-c4nc5c(-c6ccoc6)nccc5[nH]4)c3c2)n1C. The van der Waals surface area contributed by atoms with E-state index in [1.807, 2.05) is 43.1 Å². The van der Waals surface area contributed by atoms with Gasteiger partial charge in [-0.3, -0.25) is 10.1 Å². The Morgan fingerprint density at radius 2 is 2.00 bits per heavy atom. The van der Waals surface area contributed by atoms with E-state index in [0.29, 0.717) is 11.5 Å². The molecular formula is C21H16N8O. The molecule has 0 radical (unpaired) electrons. The minimum absolute atomic E-state index is 0.626. The molecule has 6 heterocycles. The molecule has 9 nitrogen and oxygen atoms in total. The Morgan fingerprint density at radius 1 is 1.07 bits per heavy atom. The predicted molar refractivity (Wildman–Crippen MR) is 111 cm³/mol. The maximum atomic E-state index is 5.21. The van der Waals surface area contributed by atoms with E-state index in [4.69, 9.17) is 9.40 Å². The highest BCUT2D eigenvalue weighted by Gasteiger charge is 2.17. The Balaban J connectivity index is 1.53. The second-order valence-corrected chi connectivity index (χ2v) is 7.10. The van der Waals surface area contributed by atoms with Crippen molar-refractivity contribution in [1.82, 2.24) is 39.7 Å². The topological polar surface area (TPSA) is 114 Å². The van der Waals surface area contributed by atoms with Gasteiger partial charge in [0.25, 0.3) is 0 Å². The fraction of sp³-hybridized carbons (Fsp3) is 0.0952. The molecule has 0 bridgehead atoms. The monoisotopic (exact) mass is 396 g/mol. The third-order valence-electron chi connectivity index (χ3n) is 5.36. The summed E-state index contributed by atoms with van der Waals surface area (Å²) in [7, 11) is 1.99. The average Bonchev–Trinajstić information content (AvgIpc) is 3.54. The Hall–Kier alpha value is -4.27. The fourth-order valence-electron chi connectivity index (χ4n) is 3.65. The molecule has 6 rings (SSSR count). The molecule has 9 heteroatoms. The molecule has 6 aromatic rings. The first-order valence-corrected chi connectivity index (χ1v) is 9.39. The number of aryl methyl sites for hydroxylation is 1. The van der Waals surface area contributed by atoms with Gasteiger partial charge in [-0.2, -0.15) is 5.10 Å². The van der Waals surface area contributed by atoms with E-state index >= 15 is 0 Å². The normalized spacial score (nSPS) is 11.7. The number of nitrogens with one attached hydrogen (secondary N) is 2. The van der Waals surface area contributed by atoms with Crippen molar-refractivity contribution in [2.24, 2.45) is 7.05 Å². The number of aromatic amines is 2. The lowest BCUT2D eigenvalue weighted by Gasteiger charge is -2.03. The molecule has 0 atom stereocenters. The predicted octanol–water partition coefficient (Wildman–Crippen LogP) is 3.87. The molecule has 30 heavy (non-hydrogen) atoms. The average molecular weight is 396 g/mol. The van der Waals surface area contributed by atoms with Gasteiger partial charge in [-0.25, -0.2) is 15.0 Å². The number of furan rings is 1. The number of nitrogens with zero attached hydrogens (tertiary/aromatic N) is 6. The van der Waals surface area contributed by atoms with Crippen LogP contribution in [0.4, 0.5) is 0 Å². The Morgan fingerprint density at radius 3 is 2.80 bits per heavy atom. The van der Waals surface area contributed by atoms with Crippen LogP contribution in [-0.2, 0) is 7.05 Å². The van der Waals surface area contributed by atoms with Crippen LogP contribution in [0.1, 0.15) is 5.82 Å². The highest BCUT2D eigenvalue weighted by molar-refractivity contribution is 5.95. The molecule has 2 N–H and O–H groups in total. The van der Waals surface area contributed by atoms with E-state index in [0.717, 1.165) is 50.5 Å². The van der Waals surface area contributed by atoms with Crippen LogP contribution in [-0.4, -0.2) is 39.7 Å². The molecule has 0 aromatic carbocycles. The quantitative estimate of drug-likeness (QED) is 0.469. The zero-order valence-corrected chi connectivity index (χ0v) is 16.2. The Kier molecular flexibility index (Phi) is 3.40. The van der Waals surface area contributed by atoms with Crippen LogP contribution in [0, 0.1) is 6.92 Å². The van der Waals surface area contributed by atoms with Crippen molar-refractivity contribution in [3.8, 4) is 34.0 Å². The Labute approximate surface area is 169 Å². The third-order valence-corrected chi connectivity index (χ3v) is 5.36. The molecular weight excluding hydrogens is 380 g/mol. The lowest BCUT2D eigenvalue weighted by Crippen LogP contribution is -1.94. The van der Waals surface area contributed by atoms with Crippen LogP contribution >= 0.6 is 0 Å². The molecule has 0 saturated carbocycles. The van der Waals surface area contributed by atoms with Crippen LogP contribution in [0.2, 0.25) is 0 Å². The van der Waals surface area contributed by atoms with Gasteiger partial charge in [-0.1, -0.05) is 0 Å². The van der Waals surface area contributed by atoms with E-state index in [-0.39, 0.29) is 0 Å². The number of hydrogen-bond donors (Lipinski definition) is 2. The number of imidazole rings is 2. The lowest BCUT2D eigenvalue weighted by atomic mass is 10.1. The van der Waals surface area contributed by atoms with Crippen LogP contribution in [0.5, 0.6) is 0 Å². The van der Waals surface area contributed by atoms with Crippen molar-refractivity contribution in [2.45, 2.75) is 6.92 Å². The highest BCUT2D eigenvalue weighted by atomic mass is 16.3. The van der Waals surface area contributed by atoms with Crippen molar-refractivity contribution in [3.05, 3.63) is 55.1 Å².